The number of imide groups is 1. The van der Waals surface area contributed by atoms with Gasteiger partial charge in [-0.05, 0) is 25.7 Å². The van der Waals surface area contributed by atoms with Gasteiger partial charge in [0.15, 0.2) is 0 Å². The third-order valence-electron chi connectivity index (χ3n) is 3.18. The summed E-state index contributed by atoms with van der Waals surface area (Å²) in [6.45, 7) is 0.784. The molecule has 0 saturated carbocycles. The van der Waals surface area contributed by atoms with Gasteiger partial charge in [-0.25, -0.2) is 0 Å². The maximum absolute atomic E-state index is 11.6. The van der Waals surface area contributed by atoms with Gasteiger partial charge in [-0.3, -0.25) is 19.3 Å². The van der Waals surface area contributed by atoms with Crippen molar-refractivity contribution in [3.63, 3.8) is 0 Å². The van der Waals surface area contributed by atoms with E-state index in [-0.39, 0.29) is 17.7 Å². The molecule has 0 radical (unpaired) electrons. The second-order valence-electron chi connectivity index (χ2n) is 4.86. The Labute approximate surface area is 123 Å². The normalized spacial score (nSPS) is 15.4. The van der Waals surface area contributed by atoms with E-state index in [1.165, 1.54) is 17.1 Å². The molecule has 1 aliphatic heterocycles. The summed E-state index contributed by atoms with van der Waals surface area (Å²) in [5.41, 5.74) is 5.74. The van der Waals surface area contributed by atoms with Crippen LogP contribution >= 0.6 is 0 Å². The summed E-state index contributed by atoms with van der Waals surface area (Å²) < 4.78 is 0. The lowest BCUT2D eigenvalue weighted by Gasteiger charge is -2.15. The number of carbonyl (C=O) groups excluding carboxylic acids is 4. The molecule has 1 atom stereocenters. The van der Waals surface area contributed by atoms with Crippen LogP contribution in [0.1, 0.15) is 32.1 Å². The number of amides is 3. The Kier molecular flexibility index (Phi) is 7.31. The molecular formula is C14H21N3O4. The van der Waals surface area contributed by atoms with E-state index in [0.717, 1.165) is 6.29 Å². The number of hydrogen-bond donors (Lipinski definition) is 2. The molecule has 7 heteroatoms. The highest BCUT2D eigenvalue weighted by Gasteiger charge is 2.22. The first kappa shape index (κ1) is 17.0. The summed E-state index contributed by atoms with van der Waals surface area (Å²) in [6, 6.07) is -0.607. The molecule has 1 unspecified atom stereocenters. The molecule has 0 saturated heterocycles. The van der Waals surface area contributed by atoms with E-state index in [1.807, 2.05) is 0 Å². The van der Waals surface area contributed by atoms with Crippen LogP contribution < -0.4 is 11.1 Å². The lowest BCUT2D eigenvalue weighted by molar-refractivity contribution is -0.137. The fourth-order valence-corrected chi connectivity index (χ4v) is 1.94. The summed E-state index contributed by atoms with van der Waals surface area (Å²) in [6.07, 6.45) is 6.09. The molecule has 1 rings (SSSR count). The topological polar surface area (TPSA) is 110 Å². The molecule has 1 aliphatic rings. The van der Waals surface area contributed by atoms with E-state index in [1.54, 1.807) is 0 Å². The average Bonchev–Trinajstić information content (AvgIpc) is 2.78. The second kappa shape index (κ2) is 9.02. The molecule has 0 aromatic rings. The molecule has 0 aliphatic carbocycles. The predicted octanol–water partition coefficient (Wildman–Crippen LogP) is -0.496. The molecule has 0 aromatic carbocycles. The van der Waals surface area contributed by atoms with E-state index in [0.29, 0.717) is 45.2 Å². The van der Waals surface area contributed by atoms with E-state index >= 15 is 0 Å². The second-order valence-corrected chi connectivity index (χ2v) is 4.86. The lowest BCUT2D eigenvalue weighted by atomic mass is 10.1. The molecule has 0 bridgehead atoms. The van der Waals surface area contributed by atoms with Crippen LogP contribution in [-0.4, -0.2) is 48.0 Å². The average molecular weight is 295 g/mol. The maximum atomic E-state index is 11.6. The Morgan fingerprint density at radius 2 is 1.90 bits per heavy atom. The Morgan fingerprint density at radius 3 is 2.52 bits per heavy atom. The number of nitrogens with two attached hydrogens (primary N) is 1. The van der Waals surface area contributed by atoms with Gasteiger partial charge in [-0.2, -0.15) is 0 Å². The first-order chi connectivity index (χ1) is 10.1. The Morgan fingerprint density at radius 1 is 1.24 bits per heavy atom. The molecule has 3 N–H and O–H groups in total. The van der Waals surface area contributed by atoms with Crippen molar-refractivity contribution < 1.29 is 19.2 Å². The summed E-state index contributed by atoms with van der Waals surface area (Å²) >= 11 is 0. The van der Waals surface area contributed by atoms with E-state index in [2.05, 4.69) is 5.32 Å². The quantitative estimate of drug-likeness (QED) is 0.321. The van der Waals surface area contributed by atoms with Crippen LogP contribution in [0.3, 0.4) is 0 Å². The number of nitrogens with one attached hydrogen (secondary N) is 1. The molecule has 1 heterocycles. The van der Waals surface area contributed by atoms with Crippen molar-refractivity contribution in [3.8, 4) is 0 Å². The van der Waals surface area contributed by atoms with Crippen LogP contribution in [-0.2, 0) is 19.2 Å². The summed E-state index contributed by atoms with van der Waals surface area (Å²) in [4.78, 5) is 45.5. The largest absolute Gasteiger partial charge is 0.355 e. The number of hydrogen-bond acceptors (Lipinski definition) is 5. The highest BCUT2D eigenvalue weighted by Crippen LogP contribution is 2.07. The number of unbranched alkanes of at least 4 members (excludes halogenated alkanes) is 2. The molecule has 116 valence electrons. The Bertz CT molecular complexity index is 416. The van der Waals surface area contributed by atoms with Crippen molar-refractivity contribution in [2.45, 2.75) is 38.1 Å². The third kappa shape index (κ3) is 5.86. The minimum atomic E-state index is -0.607. The Balaban J connectivity index is 2.11. The standard InChI is InChI=1S/C14H21N3O4/c15-11(14(21)16-8-2-4-10-18)5-1-3-9-17-12(19)6-7-13(17)20/h6-7,10-11H,1-5,8-9,15H2,(H,16,21). The Hall–Kier alpha value is -2.02. The highest BCUT2D eigenvalue weighted by atomic mass is 16.2. The molecule has 0 spiro atoms. The van der Waals surface area contributed by atoms with Gasteiger partial charge in [0.1, 0.15) is 6.29 Å². The van der Waals surface area contributed by atoms with E-state index in [4.69, 9.17) is 5.73 Å². The van der Waals surface area contributed by atoms with Gasteiger partial charge in [0.05, 0.1) is 6.04 Å². The monoisotopic (exact) mass is 295 g/mol. The maximum Gasteiger partial charge on any atom is 0.253 e. The van der Waals surface area contributed by atoms with Gasteiger partial charge >= 0.3 is 0 Å². The van der Waals surface area contributed by atoms with Crippen molar-refractivity contribution >= 4 is 24.0 Å². The van der Waals surface area contributed by atoms with Gasteiger partial charge in [0, 0.05) is 31.7 Å². The van der Waals surface area contributed by atoms with Crippen molar-refractivity contribution in [1.82, 2.24) is 10.2 Å². The molecule has 0 aromatic heterocycles. The van der Waals surface area contributed by atoms with Gasteiger partial charge in [-0.1, -0.05) is 0 Å². The van der Waals surface area contributed by atoms with Crippen molar-refractivity contribution in [2.75, 3.05) is 13.1 Å². The zero-order valence-corrected chi connectivity index (χ0v) is 11.9. The first-order valence-electron chi connectivity index (χ1n) is 7.06. The zero-order valence-electron chi connectivity index (χ0n) is 11.9. The van der Waals surface area contributed by atoms with Crippen molar-refractivity contribution in [2.24, 2.45) is 5.73 Å². The molecule has 0 fully saturated rings. The minimum Gasteiger partial charge on any atom is -0.355 e. The zero-order chi connectivity index (χ0) is 15.7. The van der Waals surface area contributed by atoms with Gasteiger partial charge in [-0.15, -0.1) is 0 Å². The van der Waals surface area contributed by atoms with Crippen LogP contribution in [0.5, 0.6) is 0 Å². The van der Waals surface area contributed by atoms with Crippen LogP contribution in [0, 0.1) is 0 Å². The van der Waals surface area contributed by atoms with Crippen LogP contribution in [0.2, 0.25) is 0 Å². The predicted molar refractivity (Wildman–Crippen MR) is 76.0 cm³/mol. The van der Waals surface area contributed by atoms with E-state index in [9.17, 15) is 19.2 Å². The number of nitrogens with zero attached hydrogens (tertiary/aromatic N) is 1. The van der Waals surface area contributed by atoms with Crippen LogP contribution in [0.15, 0.2) is 12.2 Å². The smallest absolute Gasteiger partial charge is 0.253 e. The third-order valence-corrected chi connectivity index (χ3v) is 3.18. The summed E-state index contributed by atoms with van der Waals surface area (Å²) in [5, 5.41) is 2.66. The lowest BCUT2D eigenvalue weighted by Crippen LogP contribution is -2.41. The molecule has 3 amide bonds. The van der Waals surface area contributed by atoms with Crippen molar-refractivity contribution in [1.29, 1.82) is 0 Å². The van der Waals surface area contributed by atoms with Crippen molar-refractivity contribution in [3.05, 3.63) is 12.2 Å². The highest BCUT2D eigenvalue weighted by molar-refractivity contribution is 6.12. The summed E-state index contributed by atoms with van der Waals surface area (Å²) in [7, 11) is 0. The molecule has 7 nitrogen and oxygen atoms in total. The molecular weight excluding hydrogens is 274 g/mol. The fourth-order valence-electron chi connectivity index (χ4n) is 1.94. The SMILES string of the molecule is NC(CCCCN1C(=O)C=CC1=O)C(=O)NCCCC=O. The van der Waals surface area contributed by atoms with Gasteiger partial charge < -0.3 is 15.8 Å². The molecule has 21 heavy (non-hydrogen) atoms. The minimum absolute atomic E-state index is 0.240. The number of aldehydes is 1. The first-order valence-corrected chi connectivity index (χ1v) is 7.06. The van der Waals surface area contributed by atoms with E-state index < -0.39 is 6.04 Å². The number of carbonyl (C=O) groups is 4. The van der Waals surface area contributed by atoms with Crippen LogP contribution in [0.25, 0.3) is 0 Å². The van der Waals surface area contributed by atoms with Gasteiger partial charge in [0.2, 0.25) is 5.91 Å². The summed E-state index contributed by atoms with van der Waals surface area (Å²) in [5.74, 6) is -0.828. The van der Waals surface area contributed by atoms with Crippen LogP contribution in [0.4, 0.5) is 0 Å². The van der Waals surface area contributed by atoms with Gasteiger partial charge in [0.25, 0.3) is 11.8 Å². The fraction of sp³-hybridized carbons (Fsp3) is 0.571. The number of rotatable bonds is 10.